The number of carbonyl (C=O) groups excluding carboxylic acids is 1. The van der Waals surface area contributed by atoms with Crippen LogP contribution < -0.4 is 0 Å². The summed E-state index contributed by atoms with van der Waals surface area (Å²) in [6, 6.07) is 14.6. The molecule has 122 valence electrons. The zero-order valence-corrected chi connectivity index (χ0v) is 13.5. The van der Waals surface area contributed by atoms with Crippen molar-refractivity contribution in [2.24, 2.45) is 0 Å². The Labute approximate surface area is 140 Å². The molecule has 24 heavy (non-hydrogen) atoms. The van der Waals surface area contributed by atoms with E-state index in [-0.39, 0.29) is 23.2 Å². The molecule has 1 unspecified atom stereocenters. The van der Waals surface area contributed by atoms with Crippen molar-refractivity contribution in [1.29, 1.82) is 5.26 Å². The monoisotopic (exact) mass is 323 g/mol. The first-order valence-corrected chi connectivity index (χ1v) is 7.53. The van der Waals surface area contributed by atoms with Gasteiger partial charge in [0.2, 0.25) is 0 Å². The molecule has 0 radical (unpaired) electrons. The van der Waals surface area contributed by atoms with E-state index in [0.717, 1.165) is 5.56 Å². The van der Waals surface area contributed by atoms with Gasteiger partial charge in [0.15, 0.2) is 0 Å². The molecule has 0 aliphatic rings. The second-order valence-corrected chi connectivity index (χ2v) is 5.31. The van der Waals surface area contributed by atoms with Gasteiger partial charge in [0, 0.05) is 24.2 Å². The Kier molecular flexibility index (Phi) is 5.27. The molecule has 0 N–H and O–H groups in total. The van der Waals surface area contributed by atoms with Gasteiger partial charge in [-0.1, -0.05) is 18.2 Å². The number of hydrogen-bond donors (Lipinski definition) is 0. The Bertz CT molecular complexity index is 794. The Morgan fingerprint density at radius 1 is 1.29 bits per heavy atom. The minimum Gasteiger partial charge on any atom is -0.332 e. The molecule has 0 aliphatic carbocycles. The molecule has 0 saturated heterocycles. The smallest absolute Gasteiger partial charge is 0.270 e. The Morgan fingerprint density at radius 2 is 1.96 bits per heavy atom. The summed E-state index contributed by atoms with van der Waals surface area (Å²) in [6.45, 7) is 4.21. The summed E-state index contributed by atoms with van der Waals surface area (Å²) in [4.78, 5) is 24.7. The van der Waals surface area contributed by atoms with E-state index in [0.29, 0.717) is 12.1 Å². The largest absolute Gasteiger partial charge is 0.332 e. The van der Waals surface area contributed by atoms with Crippen molar-refractivity contribution in [3.8, 4) is 6.07 Å². The third kappa shape index (κ3) is 3.58. The SMILES string of the molecule is CCN(C(=O)c1cccc([N+](=O)[O-])c1)C(C)c1ccc(C#N)cc1. The van der Waals surface area contributed by atoms with Gasteiger partial charge in [-0.05, 0) is 37.6 Å². The molecule has 0 bridgehead atoms. The van der Waals surface area contributed by atoms with Crippen molar-refractivity contribution in [2.45, 2.75) is 19.9 Å². The lowest BCUT2D eigenvalue weighted by atomic mass is 10.0. The van der Waals surface area contributed by atoms with Crippen molar-refractivity contribution < 1.29 is 9.72 Å². The fourth-order valence-electron chi connectivity index (χ4n) is 2.53. The van der Waals surface area contributed by atoms with Gasteiger partial charge in [0.25, 0.3) is 11.6 Å². The summed E-state index contributed by atoms with van der Waals surface area (Å²) in [5, 5.41) is 19.7. The highest BCUT2D eigenvalue weighted by Crippen LogP contribution is 2.23. The average Bonchev–Trinajstić information content (AvgIpc) is 2.62. The van der Waals surface area contributed by atoms with Gasteiger partial charge in [0.1, 0.15) is 0 Å². The average molecular weight is 323 g/mol. The highest BCUT2D eigenvalue weighted by Gasteiger charge is 2.22. The first-order chi connectivity index (χ1) is 11.5. The first-order valence-electron chi connectivity index (χ1n) is 7.53. The van der Waals surface area contributed by atoms with Crippen LogP contribution in [0.15, 0.2) is 48.5 Å². The van der Waals surface area contributed by atoms with E-state index < -0.39 is 4.92 Å². The van der Waals surface area contributed by atoms with Crippen LogP contribution in [0.3, 0.4) is 0 Å². The number of nitro groups is 1. The molecule has 6 nitrogen and oxygen atoms in total. The van der Waals surface area contributed by atoms with Crippen LogP contribution in [0.5, 0.6) is 0 Å². The van der Waals surface area contributed by atoms with Gasteiger partial charge >= 0.3 is 0 Å². The van der Waals surface area contributed by atoms with Crippen LogP contribution in [0.4, 0.5) is 5.69 Å². The van der Waals surface area contributed by atoms with E-state index in [1.165, 1.54) is 18.2 Å². The molecule has 0 fully saturated rings. The summed E-state index contributed by atoms with van der Waals surface area (Å²) >= 11 is 0. The molecule has 2 aromatic rings. The van der Waals surface area contributed by atoms with E-state index in [1.54, 1.807) is 23.1 Å². The second kappa shape index (κ2) is 7.38. The molecule has 6 heteroatoms. The Morgan fingerprint density at radius 3 is 2.50 bits per heavy atom. The zero-order chi connectivity index (χ0) is 17.7. The number of nitriles is 1. The Hall–Kier alpha value is -3.20. The van der Waals surface area contributed by atoms with Crippen molar-refractivity contribution in [3.63, 3.8) is 0 Å². The van der Waals surface area contributed by atoms with Crippen LogP contribution in [0.2, 0.25) is 0 Å². The molecule has 2 rings (SSSR count). The van der Waals surface area contributed by atoms with Gasteiger partial charge in [-0.3, -0.25) is 14.9 Å². The summed E-state index contributed by atoms with van der Waals surface area (Å²) in [6.07, 6.45) is 0. The van der Waals surface area contributed by atoms with Crippen LogP contribution >= 0.6 is 0 Å². The van der Waals surface area contributed by atoms with Crippen molar-refractivity contribution >= 4 is 11.6 Å². The van der Waals surface area contributed by atoms with E-state index in [9.17, 15) is 14.9 Å². The van der Waals surface area contributed by atoms with E-state index in [2.05, 4.69) is 6.07 Å². The number of benzene rings is 2. The third-order valence-corrected chi connectivity index (χ3v) is 3.90. The summed E-state index contributed by atoms with van der Waals surface area (Å²) < 4.78 is 0. The summed E-state index contributed by atoms with van der Waals surface area (Å²) in [5.41, 5.74) is 1.63. The maximum Gasteiger partial charge on any atom is 0.270 e. The predicted octanol–water partition coefficient (Wildman–Crippen LogP) is 3.69. The zero-order valence-electron chi connectivity index (χ0n) is 13.5. The lowest BCUT2D eigenvalue weighted by molar-refractivity contribution is -0.384. The number of nitro benzene ring substituents is 1. The number of nitrogens with zero attached hydrogens (tertiary/aromatic N) is 3. The predicted molar refractivity (Wildman–Crippen MR) is 89.4 cm³/mol. The summed E-state index contributed by atoms with van der Waals surface area (Å²) in [5.74, 6) is -0.266. The van der Waals surface area contributed by atoms with Crippen LogP contribution in [0.1, 0.15) is 41.4 Å². The van der Waals surface area contributed by atoms with Crippen LogP contribution in [0.25, 0.3) is 0 Å². The molecule has 0 aromatic heterocycles. The minimum absolute atomic E-state index is 0.108. The van der Waals surface area contributed by atoms with Gasteiger partial charge < -0.3 is 4.90 Å². The van der Waals surface area contributed by atoms with E-state index in [4.69, 9.17) is 5.26 Å². The highest BCUT2D eigenvalue weighted by molar-refractivity contribution is 5.95. The van der Waals surface area contributed by atoms with Gasteiger partial charge in [-0.25, -0.2) is 0 Å². The maximum atomic E-state index is 12.7. The molecule has 0 spiro atoms. The van der Waals surface area contributed by atoms with Crippen LogP contribution in [-0.4, -0.2) is 22.3 Å². The molecule has 0 aliphatic heterocycles. The van der Waals surface area contributed by atoms with Gasteiger partial charge in [-0.2, -0.15) is 5.26 Å². The lowest BCUT2D eigenvalue weighted by Crippen LogP contribution is -2.33. The number of hydrogen-bond acceptors (Lipinski definition) is 4. The molecule has 2 aromatic carbocycles. The molecule has 0 saturated carbocycles. The molecular weight excluding hydrogens is 306 g/mol. The van der Waals surface area contributed by atoms with Crippen molar-refractivity contribution in [2.75, 3.05) is 6.54 Å². The highest BCUT2D eigenvalue weighted by atomic mass is 16.6. The van der Waals surface area contributed by atoms with Crippen LogP contribution in [-0.2, 0) is 0 Å². The molecular formula is C18H17N3O3. The molecule has 0 heterocycles. The molecule has 1 amide bonds. The standard InChI is InChI=1S/C18H17N3O3/c1-3-20(13(2)15-9-7-14(12-19)8-10-15)18(22)16-5-4-6-17(11-16)21(23)24/h4-11,13H,3H2,1-2H3. The maximum absolute atomic E-state index is 12.7. The van der Waals surface area contributed by atoms with Crippen molar-refractivity contribution in [1.82, 2.24) is 4.90 Å². The number of amides is 1. The second-order valence-electron chi connectivity index (χ2n) is 5.31. The number of non-ortho nitro benzene ring substituents is 1. The minimum atomic E-state index is -0.517. The van der Waals surface area contributed by atoms with Crippen molar-refractivity contribution in [3.05, 3.63) is 75.3 Å². The number of carbonyl (C=O) groups is 1. The van der Waals surface area contributed by atoms with E-state index >= 15 is 0 Å². The van der Waals surface area contributed by atoms with E-state index in [1.807, 2.05) is 26.0 Å². The third-order valence-electron chi connectivity index (χ3n) is 3.90. The van der Waals surface area contributed by atoms with Gasteiger partial charge in [-0.15, -0.1) is 0 Å². The normalized spacial score (nSPS) is 11.4. The number of rotatable bonds is 5. The lowest BCUT2D eigenvalue weighted by Gasteiger charge is -2.28. The fourth-order valence-corrected chi connectivity index (χ4v) is 2.53. The van der Waals surface area contributed by atoms with Crippen LogP contribution in [0, 0.1) is 21.4 Å². The Balaban J connectivity index is 2.29. The first kappa shape index (κ1) is 17.2. The fraction of sp³-hybridized carbons (Fsp3) is 0.222. The topological polar surface area (TPSA) is 87.2 Å². The summed E-state index contributed by atoms with van der Waals surface area (Å²) in [7, 11) is 0. The molecule has 1 atom stereocenters. The van der Waals surface area contributed by atoms with Gasteiger partial charge in [0.05, 0.1) is 22.6 Å². The quantitative estimate of drug-likeness (QED) is 0.620.